The molecule has 0 radical (unpaired) electrons. The second-order valence-electron chi connectivity index (χ2n) is 6.84. The van der Waals surface area contributed by atoms with Gasteiger partial charge in [0.1, 0.15) is 0 Å². The van der Waals surface area contributed by atoms with E-state index in [1.54, 1.807) is 18.2 Å². The maximum absolute atomic E-state index is 12.8. The molecule has 0 saturated heterocycles. The molecule has 0 aliphatic carbocycles. The van der Waals surface area contributed by atoms with Crippen LogP contribution in [0.2, 0.25) is 0 Å². The van der Waals surface area contributed by atoms with Gasteiger partial charge >= 0.3 is 0 Å². The lowest BCUT2D eigenvalue weighted by atomic mass is 9.95. The number of carbonyl (C=O) groups is 1. The van der Waals surface area contributed by atoms with Gasteiger partial charge in [0.15, 0.2) is 0 Å². The number of sulfonamides is 1. The lowest BCUT2D eigenvalue weighted by Gasteiger charge is -2.23. The molecule has 0 aromatic heterocycles. The molecule has 0 heterocycles. The maximum Gasteiger partial charge on any atom is 0.243 e. The summed E-state index contributed by atoms with van der Waals surface area (Å²) >= 11 is 0. The summed E-state index contributed by atoms with van der Waals surface area (Å²) in [5.74, 6) is -0.371. The number of carbonyl (C=O) groups excluding carboxylic acids is 1. The average molecular weight is 409 g/mol. The zero-order valence-electron chi connectivity index (χ0n) is 16.4. The van der Waals surface area contributed by atoms with Crippen molar-refractivity contribution in [1.82, 2.24) is 9.62 Å². The number of hydrogen-bond donors (Lipinski definition) is 1. The quantitative estimate of drug-likeness (QED) is 0.650. The Labute approximate surface area is 172 Å². The van der Waals surface area contributed by atoms with Gasteiger partial charge in [0, 0.05) is 7.05 Å². The highest BCUT2D eigenvalue weighted by Crippen LogP contribution is 2.25. The molecule has 0 aliphatic rings. The Morgan fingerprint density at radius 3 is 2.07 bits per heavy atom. The standard InChI is InChI=1S/C23H24N2O3S/c1-18-11-9-10-16-21(18)23(19-12-5-3-6-13-19)24-22(26)17-25(2)29(27,28)20-14-7-4-8-15-20/h3-16,23H,17H2,1-2H3,(H,24,26)/t23-/m1/s1. The summed E-state index contributed by atoms with van der Waals surface area (Å²) in [6.07, 6.45) is 0. The van der Waals surface area contributed by atoms with Crippen molar-refractivity contribution in [3.63, 3.8) is 0 Å². The van der Waals surface area contributed by atoms with Crippen LogP contribution in [0.4, 0.5) is 0 Å². The molecule has 0 spiro atoms. The molecular weight excluding hydrogens is 384 g/mol. The van der Waals surface area contributed by atoms with Gasteiger partial charge in [-0.3, -0.25) is 4.79 Å². The number of likely N-dealkylation sites (N-methyl/N-ethyl adjacent to an activating group) is 1. The van der Waals surface area contributed by atoms with Crippen LogP contribution in [0.15, 0.2) is 89.8 Å². The molecule has 150 valence electrons. The first kappa shape index (κ1) is 20.8. The van der Waals surface area contributed by atoms with Gasteiger partial charge in [-0.15, -0.1) is 0 Å². The Kier molecular flexibility index (Phi) is 6.46. The summed E-state index contributed by atoms with van der Waals surface area (Å²) in [7, 11) is -2.32. The zero-order valence-corrected chi connectivity index (χ0v) is 17.3. The molecular formula is C23H24N2O3S. The predicted octanol–water partition coefficient (Wildman–Crippen LogP) is 3.52. The van der Waals surface area contributed by atoms with E-state index in [0.29, 0.717) is 0 Å². The third-order valence-electron chi connectivity index (χ3n) is 4.76. The highest BCUT2D eigenvalue weighted by Gasteiger charge is 2.25. The topological polar surface area (TPSA) is 66.5 Å². The molecule has 3 aromatic carbocycles. The van der Waals surface area contributed by atoms with E-state index < -0.39 is 10.0 Å². The van der Waals surface area contributed by atoms with Gasteiger partial charge in [-0.05, 0) is 35.7 Å². The van der Waals surface area contributed by atoms with E-state index >= 15 is 0 Å². The largest absolute Gasteiger partial charge is 0.344 e. The number of amides is 1. The van der Waals surface area contributed by atoms with Crippen molar-refractivity contribution in [1.29, 1.82) is 0 Å². The van der Waals surface area contributed by atoms with Crippen molar-refractivity contribution in [3.8, 4) is 0 Å². The first-order valence-electron chi connectivity index (χ1n) is 9.31. The minimum atomic E-state index is -3.73. The fourth-order valence-corrected chi connectivity index (χ4v) is 4.31. The number of nitrogens with one attached hydrogen (secondary N) is 1. The van der Waals surface area contributed by atoms with Crippen LogP contribution in [-0.2, 0) is 14.8 Å². The van der Waals surface area contributed by atoms with Crippen LogP contribution in [0.1, 0.15) is 22.7 Å². The van der Waals surface area contributed by atoms with Crippen molar-refractivity contribution in [2.45, 2.75) is 17.9 Å². The molecule has 0 bridgehead atoms. The molecule has 0 saturated carbocycles. The van der Waals surface area contributed by atoms with Crippen molar-refractivity contribution in [2.75, 3.05) is 13.6 Å². The molecule has 1 N–H and O–H groups in total. The van der Waals surface area contributed by atoms with Crippen LogP contribution < -0.4 is 5.32 Å². The van der Waals surface area contributed by atoms with Gasteiger partial charge in [0.05, 0.1) is 17.5 Å². The van der Waals surface area contributed by atoms with Gasteiger partial charge in [-0.1, -0.05) is 72.8 Å². The second-order valence-corrected chi connectivity index (χ2v) is 8.89. The number of hydrogen-bond acceptors (Lipinski definition) is 3. The molecule has 0 aliphatic heterocycles. The maximum atomic E-state index is 12.8. The summed E-state index contributed by atoms with van der Waals surface area (Å²) in [4.78, 5) is 12.9. The van der Waals surface area contributed by atoms with Crippen LogP contribution in [0, 0.1) is 6.92 Å². The Morgan fingerprint density at radius 1 is 0.897 bits per heavy atom. The first-order chi connectivity index (χ1) is 13.9. The van der Waals surface area contributed by atoms with Crippen LogP contribution in [0.5, 0.6) is 0 Å². The molecule has 29 heavy (non-hydrogen) atoms. The normalized spacial score (nSPS) is 12.5. The second kappa shape index (κ2) is 9.03. The summed E-state index contributed by atoms with van der Waals surface area (Å²) < 4.78 is 26.5. The molecule has 5 nitrogen and oxygen atoms in total. The van der Waals surface area contributed by atoms with Crippen LogP contribution in [0.3, 0.4) is 0 Å². The average Bonchev–Trinajstić information content (AvgIpc) is 2.74. The van der Waals surface area contributed by atoms with E-state index in [-0.39, 0.29) is 23.4 Å². The minimum absolute atomic E-state index is 0.161. The molecule has 1 atom stereocenters. The number of rotatable bonds is 7. The first-order valence-corrected chi connectivity index (χ1v) is 10.7. The number of benzene rings is 3. The van der Waals surface area contributed by atoms with Crippen molar-refractivity contribution in [2.24, 2.45) is 0 Å². The van der Waals surface area contributed by atoms with Gasteiger partial charge < -0.3 is 5.32 Å². The Balaban J connectivity index is 1.81. The molecule has 0 unspecified atom stereocenters. The van der Waals surface area contributed by atoms with E-state index in [2.05, 4.69) is 5.32 Å². The monoisotopic (exact) mass is 408 g/mol. The number of aryl methyl sites for hydroxylation is 1. The van der Waals surface area contributed by atoms with E-state index in [9.17, 15) is 13.2 Å². The smallest absolute Gasteiger partial charge is 0.243 e. The summed E-state index contributed by atoms with van der Waals surface area (Å²) in [5.41, 5.74) is 2.95. The van der Waals surface area contributed by atoms with Gasteiger partial charge in [0.25, 0.3) is 0 Å². The third-order valence-corrected chi connectivity index (χ3v) is 6.57. The fourth-order valence-electron chi connectivity index (χ4n) is 3.16. The molecule has 6 heteroatoms. The lowest BCUT2D eigenvalue weighted by molar-refractivity contribution is -0.121. The van der Waals surface area contributed by atoms with Crippen LogP contribution in [0.25, 0.3) is 0 Å². The van der Waals surface area contributed by atoms with Crippen molar-refractivity contribution < 1.29 is 13.2 Å². The molecule has 1 amide bonds. The zero-order chi connectivity index (χ0) is 20.9. The van der Waals surface area contributed by atoms with Gasteiger partial charge in [-0.2, -0.15) is 4.31 Å². The molecule has 3 aromatic rings. The molecule has 3 rings (SSSR count). The summed E-state index contributed by atoms with van der Waals surface area (Å²) in [5, 5.41) is 3.00. The fraction of sp³-hybridized carbons (Fsp3) is 0.174. The van der Waals surface area contributed by atoms with Crippen LogP contribution >= 0.6 is 0 Å². The van der Waals surface area contributed by atoms with Crippen LogP contribution in [-0.4, -0.2) is 32.2 Å². The Bertz CT molecular complexity index is 1070. The number of nitrogens with zero attached hydrogens (tertiary/aromatic N) is 1. The van der Waals surface area contributed by atoms with E-state index in [0.717, 1.165) is 21.0 Å². The van der Waals surface area contributed by atoms with Gasteiger partial charge in [0.2, 0.25) is 15.9 Å². The Hall–Kier alpha value is -2.96. The molecule has 0 fully saturated rings. The summed E-state index contributed by atoms with van der Waals surface area (Å²) in [6, 6.07) is 25.2. The van der Waals surface area contributed by atoms with Crippen molar-refractivity contribution >= 4 is 15.9 Å². The minimum Gasteiger partial charge on any atom is -0.344 e. The highest BCUT2D eigenvalue weighted by atomic mass is 32.2. The van der Waals surface area contributed by atoms with E-state index in [1.807, 2.05) is 61.5 Å². The Morgan fingerprint density at radius 2 is 1.45 bits per heavy atom. The third kappa shape index (κ3) is 4.91. The van der Waals surface area contributed by atoms with Gasteiger partial charge in [-0.25, -0.2) is 8.42 Å². The van der Waals surface area contributed by atoms with E-state index in [4.69, 9.17) is 0 Å². The summed E-state index contributed by atoms with van der Waals surface area (Å²) in [6.45, 7) is 1.72. The lowest BCUT2D eigenvalue weighted by Crippen LogP contribution is -2.40. The van der Waals surface area contributed by atoms with Crippen molar-refractivity contribution in [3.05, 3.63) is 102 Å². The predicted molar refractivity (Wildman–Crippen MR) is 114 cm³/mol. The SMILES string of the molecule is Cc1ccccc1[C@H](NC(=O)CN(C)S(=O)(=O)c1ccccc1)c1ccccc1. The highest BCUT2D eigenvalue weighted by molar-refractivity contribution is 7.89. The van der Waals surface area contributed by atoms with E-state index in [1.165, 1.54) is 19.2 Å².